The molecule has 176 valence electrons. The SMILES string of the molecule is CN(c1ccc(OCCCCCCN2CCCCCC2)cc1)S(=O)(=O)c1ccc(F)cc1. The van der Waals surface area contributed by atoms with E-state index < -0.39 is 15.8 Å². The van der Waals surface area contributed by atoms with Gasteiger partial charge >= 0.3 is 0 Å². The Morgan fingerprint density at radius 3 is 2.16 bits per heavy atom. The van der Waals surface area contributed by atoms with E-state index >= 15 is 0 Å². The zero-order chi connectivity index (χ0) is 22.8. The van der Waals surface area contributed by atoms with Crippen LogP contribution >= 0.6 is 0 Å². The van der Waals surface area contributed by atoms with Crippen LogP contribution in [0.25, 0.3) is 0 Å². The Morgan fingerprint density at radius 1 is 0.875 bits per heavy atom. The number of likely N-dealkylation sites (tertiary alicyclic amines) is 1. The van der Waals surface area contributed by atoms with Crippen molar-refractivity contribution in [1.29, 1.82) is 0 Å². The number of benzene rings is 2. The quantitative estimate of drug-likeness (QED) is 0.416. The molecule has 2 aromatic rings. The highest BCUT2D eigenvalue weighted by Crippen LogP contribution is 2.24. The number of nitrogens with zero attached hydrogens (tertiary/aromatic N) is 2. The van der Waals surface area contributed by atoms with E-state index in [1.54, 1.807) is 24.3 Å². The molecule has 0 spiro atoms. The van der Waals surface area contributed by atoms with E-state index in [-0.39, 0.29) is 4.90 Å². The molecular formula is C25H35FN2O3S. The van der Waals surface area contributed by atoms with Crippen molar-refractivity contribution in [2.45, 2.75) is 56.3 Å². The number of ether oxygens (including phenoxy) is 1. The number of anilines is 1. The van der Waals surface area contributed by atoms with Gasteiger partial charge in [0.1, 0.15) is 11.6 Å². The van der Waals surface area contributed by atoms with Crippen molar-refractivity contribution in [3.05, 3.63) is 54.3 Å². The van der Waals surface area contributed by atoms with Gasteiger partial charge in [-0.3, -0.25) is 4.31 Å². The fourth-order valence-electron chi connectivity index (χ4n) is 4.00. The summed E-state index contributed by atoms with van der Waals surface area (Å²) in [5, 5.41) is 0. The van der Waals surface area contributed by atoms with Gasteiger partial charge in [-0.2, -0.15) is 0 Å². The van der Waals surface area contributed by atoms with Crippen molar-refractivity contribution in [2.24, 2.45) is 0 Å². The summed E-state index contributed by atoms with van der Waals surface area (Å²) in [5.74, 6) is 0.261. The van der Waals surface area contributed by atoms with E-state index in [2.05, 4.69) is 4.90 Å². The summed E-state index contributed by atoms with van der Waals surface area (Å²) in [6.45, 7) is 4.41. The summed E-state index contributed by atoms with van der Waals surface area (Å²) >= 11 is 0. The van der Waals surface area contributed by atoms with Crippen molar-refractivity contribution in [1.82, 2.24) is 4.90 Å². The molecule has 3 rings (SSSR count). The van der Waals surface area contributed by atoms with E-state index in [1.165, 1.54) is 81.6 Å². The molecule has 1 heterocycles. The second-order valence-corrected chi connectivity index (χ2v) is 10.4. The first-order valence-corrected chi connectivity index (χ1v) is 13.1. The molecule has 1 aliphatic heterocycles. The van der Waals surface area contributed by atoms with Gasteiger partial charge in [-0.15, -0.1) is 0 Å². The lowest BCUT2D eigenvalue weighted by molar-refractivity contribution is 0.272. The summed E-state index contributed by atoms with van der Waals surface area (Å²) in [7, 11) is -2.25. The summed E-state index contributed by atoms with van der Waals surface area (Å²) in [4.78, 5) is 2.66. The van der Waals surface area contributed by atoms with Crippen molar-refractivity contribution in [3.8, 4) is 5.75 Å². The molecule has 0 bridgehead atoms. The van der Waals surface area contributed by atoms with Crippen LogP contribution in [0.1, 0.15) is 51.4 Å². The van der Waals surface area contributed by atoms with Gasteiger partial charge in [-0.05, 0) is 93.8 Å². The molecule has 0 N–H and O–H groups in total. The van der Waals surface area contributed by atoms with Crippen LogP contribution in [0.4, 0.5) is 10.1 Å². The Balaban J connectivity index is 1.37. The third kappa shape index (κ3) is 7.20. The van der Waals surface area contributed by atoms with Crippen LogP contribution in [-0.4, -0.2) is 46.6 Å². The average molecular weight is 463 g/mol. The van der Waals surface area contributed by atoms with Gasteiger partial charge in [0.25, 0.3) is 10.0 Å². The molecule has 1 aliphatic rings. The van der Waals surface area contributed by atoms with Crippen molar-refractivity contribution in [2.75, 3.05) is 37.6 Å². The second kappa shape index (κ2) is 12.2. The number of hydrogen-bond donors (Lipinski definition) is 0. The fourth-order valence-corrected chi connectivity index (χ4v) is 5.19. The van der Waals surface area contributed by atoms with Gasteiger partial charge in [0.05, 0.1) is 17.2 Å². The van der Waals surface area contributed by atoms with Gasteiger partial charge in [-0.25, -0.2) is 12.8 Å². The van der Waals surface area contributed by atoms with Crippen molar-refractivity contribution in [3.63, 3.8) is 0 Å². The van der Waals surface area contributed by atoms with E-state index in [9.17, 15) is 12.8 Å². The third-order valence-electron chi connectivity index (χ3n) is 6.01. The maximum atomic E-state index is 13.1. The van der Waals surface area contributed by atoms with E-state index in [0.717, 1.165) is 30.7 Å². The molecule has 0 unspecified atom stereocenters. The fraction of sp³-hybridized carbons (Fsp3) is 0.520. The topological polar surface area (TPSA) is 49.9 Å². The molecule has 2 aromatic carbocycles. The number of rotatable bonds is 11. The summed E-state index contributed by atoms with van der Waals surface area (Å²) in [5.41, 5.74) is 0.523. The van der Waals surface area contributed by atoms with Gasteiger partial charge in [0.2, 0.25) is 0 Å². The minimum Gasteiger partial charge on any atom is -0.494 e. The van der Waals surface area contributed by atoms with Crippen molar-refractivity contribution < 1.29 is 17.5 Å². The molecule has 1 fully saturated rings. The molecule has 1 saturated heterocycles. The van der Waals surface area contributed by atoms with Crippen LogP contribution < -0.4 is 9.04 Å². The van der Waals surface area contributed by atoms with Crippen LogP contribution in [0.5, 0.6) is 5.75 Å². The van der Waals surface area contributed by atoms with Crippen molar-refractivity contribution >= 4 is 15.7 Å². The monoisotopic (exact) mass is 462 g/mol. The normalized spacial score (nSPS) is 15.3. The van der Waals surface area contributed by atoms with Gasteiger partial charge in [0, 0.05) is 7.05 Å². The number of unbranched alkanes of at least 4 members (excludes halogenated alkanes) is 3. The maximum Gasteiger partial charge on any atom is 0.264 e. The number of sulfonamides is 1. The lowest BCUT2D eigenvalue weighted by Crippen LogP contribution is -2.26. The van der Waals surface area contributed by atoms with Gasteiger partial charge < -0.3 is 9.64 Å². The average Bonchev–Trinajstić information content (AvgIpc) is 3.07. The molecule has 0 aromatic heterocycles. The first kappa shape index (κ1) is 24.5. The Hall–Kier alpha value is -2.12. The Labute approximate surface area is 192 Å². The first-order valence-electron chi connectivity index (χ1n) is 11.7. The highest BCUT2D eigenvalue weighted by molar-refractivity contribution is 7.92. The van der Waals surface area contributed by atoms with E-state index in [0.29, 0.717) is 12.3 Å². The summed E-state index contributed by atoms with van der Waals surface area (Å²) < 4.78 is 45.5. The number of hydrogen-bond acceptors (Lipinski definition) is 4. The number of halogens is 1. The molecule has 0 amide bonds. The highest BCUT2D eigenvalue weighted by atomic mass is 32.2. The van der Waals surface area contributed by atoms with Crippen LogP contribution in [0.2, 0.25) is 0 Å². The summed E-state index contributed by atoms with van der Waals surface area (Å²) in [6.07, 6.45) is 10.1. The first-order chi connectivity index (χ1) is 15.5. The van der Waals surface area contributed by atoms with Crippen LogP contribution in [0, 0.1) is 5.82 Å². The Bertz CT molecular complexity index is 909. The molecule has 0 saturated carbocycles. The largest absolute Gasteiger partial charge is 0.494 e. The Kier molecular flexibility index (Phi) is 9.36. The predicted octanol–water partition coefficient (Wildman–Crippen LogP) is 5.47. The molecule has 32 heavy (non-hydrogen) atoms. The Morgan fingerprint density at radius 2 is 1.50 bits per heavy atom. The maximum absolute atomic E-state index is 13.1. The molecule has 0 radical (unpaired) electrons. The van der Waals surface area contributed by atoms with E-state index in [1.807, 2.05) is 0 Å². The molecular weight excluding hydrogens is 427 g/mol. The smallest absolute Gasteiger partial charge is 0.264 e. The molecule has 7 heteroatoms. The van der Waals surface area contributed by atoms with E-state index in [4.69, 9.17) is 4.74 Å². The van der Waals surface area contributed by atoms with Crippen LogP contribution in [-0.2, 0) is 10.0 Å². The standard InChI is InChI=1S/C25H35FN2O3S/c1-27(32(29,30)25-16-10-22(26)11-17-25)23-12-14-24(15-13-23)31-21-9-5-4-8-20-28-18-6-2-3-7-19-28/h10-17H,2-9,18-21H2,1H3. The van der Waals surface area contributed by atoms with Gasteiger partial charge in [-0.1, -0.05) is 25.7 Å². The van der Waals surface area contributed by atoms with Crippen LogP contribution in [0.15, 0.2) is 53.4 Å². The highest BCUT2D eigenvalue weighted by Gasteiger charge is 2.21. The minimum absolute atomic E-state index is 0.0533. The zero-order valence-electron chi connectivity index (χ0n) is 19.0. The minimum atomic E-state index is -3.74. The molecule has 0 atom stereocenters. The molecule has 0 aliphatic carbocycles. The molecule has 5 nitrogen and oxygen atoms in total. The van der Waals surface area contributed by atoms with Crippen LogP contribution in [0.3, 0.4) is 0 Å². The lowest BCUT2D eigenvalue weighted by atomic mass is 10.2. The second-order valence-electron chi connectivity index (χ2n) is 8.44. The third-order valence-corrected chi connectivity index (χ3v) is 7.81. The zero-order valence-corrected chi connectivity index (χ0v) is 19.8. The summed E-state index contributed by atoms with van der Waals surface area (Å²) in [6, 6.07) is 11.8. The lowest BCUT2D eigenvalue weighted by Gasteiger charge is -2.20. The van der Waals surface area contributed by atoms with Gasteiger partial charge in [0.15, 0.2) is 0 Å². The predicted molar refractivity (Wildman–Crippen MR) is 127 cm³/mol.